The van der Waals surface area contributed by atoms with Crippen LogP contribution in [0, 0.1) is 5.82 Å². The Morgan fingerprint density at radius 2 is 2.14 bits per heavy atom. The summed E-state index contributed by atoms with van der Waals surface area (Å²) < 4.78 is 13.4. The first kappa shape index (κ1) is 14.9. The van der Waals surface area contributed by atoms with Crippen molar-refractivity contribution >= 4 is 22.9 Å². The second kappa shape index (κ2) is 6.03. The average Bonchev–Trinajstić information content (AvgIpc) is 3.00. The van der Waals surface area contributed by atoms with Crippen LogP contribution >= 0.6 is 22.9 Å². The van der Waals surface area contributed by atoms with Crippen molar-refractivity contribution in [1.29, 1.82) is 0 Å². The minimum atomic E-state index is -0.384. The van der Waals surface area contributed by atoms with Crippen molar-refractivity contribution in [3.8, 4) is 0 Å². The molecule has 0 fully saturated rings. The van der Waals surface area contributed by atoms with Crippen LogP contribution in [0.5, 0.6) is 0 Å². The van der Waals surface area contributed by atoms with Gasteiger partial charge in [-0.1, -0.05) is 17.7 Å². The number of hydrogen-bond donors (Lipinski definition) is 1. The summed E-state index contributed by atoms with van der Waals surface area (Å²) in [5, 5.41) is 4.73. The van der Waals surface area contributed by atoms with Gasteiger partial charge in [-0.3, -0.25) is 0 Å². The van der Waals surface area contributed by atoms with Gasteiger partial charge in [-0.25, -0.2) is 9.37 Å². The molecule has 2 aromatic rings. The maximum absolute atomic E-state index is 13.4. The van der Waals surface area contributed by atoms with E-state index in [1.54, 1.807) is 23.5 Å². The number of benzene rings is 1. The molecule has 0 aliphatic heterocycles. The van der Waals surface area contributed by atoms with Crippen molar-refractivity contribution in [2.24, 2.45) is 0 Å². The number of hydrogen-bond acceptors (Lipinski definition) is 3. The van der Waals surface area contributed by atoms with E-state index in [4.69, 9.17) is 16.6 Å². The molecule has 0 radical (unpaired) electrons. The van der Waals surface area contributed by atoms with Gasteiger partial charge in [0.15, 0.2) is 0 Å². The summed E-state index contributed by atoms with van der Waals surface area (Å²) in [6.45, 7) is 4.19. The van der Waals surface area contributed by atoms with Crippen LogP contribution in [0.1, 0.15) is 47.5 Å². The van der Waals surface area contributed by atoms with Crippen LogP contribution in [-0.2, 0) is 12.8 Å². The quantitative estimate of drug-likeness (QED) is 0.895. The molecule has 1 aromatic heterocycles. The highest BCUT2D eigenvalue weighted by Crippen LogP contribution is 2.34. The van der Waals surface area contributed by atoms with Gasteiger partial charge in [0.1, 0.15) is 10.8 Å². The Labute approximate surface area is 133 Å². The van der Waals surface area contributed by atoms with Gasteiger partial charge in [0.2, 0.25) is 0 Å². The Morgan fingerprint density at radius 3 is 2.81 bits per heavy atom. The van der Waals surface area contributed by atoms with E-state index >= 15 is 0 Å². The lowest BCUT2D eigenvalue weighted by Crippen LogP contribution is -2.29. The summed E-state index contributed by atoms with van der Waals surface area (Å²) in [5.41, 5.74) is 2.20. The number of nitrogens with one attached hydrogen (secondary N) is 1. The Balaban J connectivity index is 1.98. The summed E-state index contributed by atoms with van der Waals surface area (Å²) in [7, 11) is 0. The number of halogens is 2. The molecule has 0 amide bonds. The minimum Gasteiger partial charge on any atom is -0.302 e. The summed E-state index contributed by atoms with van der Waals surface area (Å²) in [5.74, 6) is -0.384. The van der Waals surface area contributed by atoms with E-state index in [1.165, 1.54) is 23.1 Å². The Kier molecular flexibility index (Phi) is 4.29. The van der Waals surface area contributed by atoms with Gasteiger partial charge in [-0.15, -0.1) is 11.3 Å². The Bertz CT molecular complexity index is 632. The second-order valence-corrected chi connectivity index (χ2v) is 7.23. The highest BCUT2D eigenvalue weighted by Gasteiger charge is 2.24. The molecule has 1 unspecified atom stereocenters. The molecule has 21 heavy (non-hydrogen) atoms. The molecular weight excluding hydrogens is 307 g/mol. The van der Waals surface area contributed by atoms with Crippen LogP contribution in [0.25, 0.3) is 0 Å². The fraction of sp³-hybridized carbons (Fsp3) is 0.438. The molecule has 2 nitrogen and oxygen atoms in total. The maximum Gasteiger partial charge on any atom is 0.141 e. The molecule has 3 rings (SSSR count). The molecular formula is C16H18ClFN2S. The van der Waals surface area contributed by atoms with Crippen LogP contribution in [0.4, 0.5) is 4.39 Å². The summed E-state index contributed by atoms with van der Waals surface area (Å²) >= 11 is 7.70. The normalized spacial score (nSPS) is 15.5. The first-order valence-electron chi connectivity index (χ1n) is 7.24. The maximum atomic E-state index is 13.4. The molecule has 5 heteroatoms. The third-order valence-electron chi connectivity index (χ3n) is 3.64. The third kappa shape index (κ3) is 3.12. The molecule has 1 N–H and O–H groups in total. The fourth-order valence-corrected chi connectivity index (χ4v) is 4.10. The second-order valence-electron chi connectivity index (χ2n) is 5.70. The molecule has 0 saturated heterocycles. The van der Waals surface area contributed by atoms with Crippen LogP contribution in [0.15, 0.2) is 18.2 Å². The molecule has 0 saturated carbocycles. The van der Waals surface area contributed by atoms with E-state index in [-0.39, 0.29) is 16.9 Å². The van der Waals surface area contributed by atoms with Gasteiger partial charge >= 0.3 is 0 Å². The largest absolute Gasteiger partial charge is 0.302 e. The van der Waals surface area contributed by atoms with E-state index in [0.29, 0.717) is 6.04 Å². The van der Waals surface area contributed by atoms with Gasteiger partial charge in [-0.2, -0.15) is 0 Å². The number of aryl methyl sites for hydroxylation is 2. The summed E-state index contributed by atoms with van der Waals surface area (Å²) in [6, 6.07) is 5.18. The van der Waals surface area contributed by atoms with Gasteiger partial charge in [-0.05, 0) is 50.8 Å². The summed E-state index contributed by atoms with van der Waals surface area (Å²) in [4.78, 5) is 6.19. The number of rotatable bonds is 4. The number of fused-ring (bicyclic) bond motifs is 1. The zero-order chi connectivity index (χ0) is 15.0. The van der Waals surface area contributed by atoms with E-state index in [1.807, 2.05) is 0 Å². The van der Waals surface area contributed by atoms with Crippen molar-refractivity contribution in [3.63, 3.8) is 0 Å². The van der Waals surface area contributed by atoms with Gasteiger partial charge in [0.25, 0.3) is 0 Å². The molecule has 0 bridgehead atoms. The van der Waals surface area contributed by atoms with Crippen molar-refractivity contribution in [3.05, 3.63) is 50.2 Å². The highest BCUT2D eigenvalue weighted by molar-refractivity contribution is 7.11. The molecule has 0 spiro atoms. The van der Waals surface area contributed by atoms with Crippen molar-refractivity contribution < 1.29 is 4.39 Å². The number of nitrogens with zero attached hydrogens (tertiary/aromatic N) is 1. The van der Waals surface area contributed by atoms with E-state index < -0.39 is 0 Å². The fourth-order valence-electron chi connectivity index (χ4n) is 2.67. The van der Waals surface area contributed by atoms with E-state index in [0.717, 1.165) is 23.4 Å². The van der Waals surface area contributed by atoms with Crippen molar-refractivity contribution in [2.75, 3.05) is 0 Å². The SMILES string of the molecule is CC(C)NC(c1ccc(F)c(Cl)c1)c1nc2c(s1)CCC2. The molecule has 1 aliphatic rings. The predicted octanol–water partition coefficient (Wildman–Crippen LogP) is 4.51. The zero-order valence-electron chi connectivity index (χ0n) is 12.1. The topological polar surface area (TPSA) is 24.9 Å². The van der Waals surface area contributed by atoms with Crippen LogP contribution in [-0.4, -0.2) is 11.0 Å². The third-order valence-corrected chi connectivity index (χ3v) is 5.15. The monoisotopic (exact) mass is 324 g/mol. The van der Waals surface area contributed by atoms with Crippen LogP contribution in [0.2, 0.25) is 5.02 Å². The van der Waals surface area contributed by atoms with E-state index in [2.05, 4.69) is 19.2 Å². The Hall–Kier alpha value is -0.970. The highest BCUT2D eigenvalue weighted by atomic mass is 35.5. The molecule has 1 atom stereocenters. The lowest BCUT2D eigenvalue weighted by molar-refractivity contribution is 0.525. The van der Waals surface area contributed by atoms with Crippen LogP contribution in [0.3, 0.4) is 0 Å². The standard InChI is InChI=1S/C16H18ClFN2S/c1-9(2)19-15(10-6-7-12(18)11(17)8-10)16-20-13-4-3-5-14(13)21-16/h6-9,15,19H,3-5H2,1-2H3. The lowest BCUT2D eigenvalue weighted by Gasteiger charge is -2.20. The molecule has 1 aliphatic carbocycles. The van der Waals surface area contributed by atoms with Crippen molar-refractivity contribution in [1.82, 2.24) is 10.3 Å². The van der Waals surface area contributed by atoms with Crippen LogP contribution < -0.4 is 5.32 Å². The Morgan fingerprint density at radius 1 is 1.33 bits per heavy atom. The smallest absolute Gasteiger partial charge is 0.141 e. The molecule has 112 valence electrons. The van der Waals surface area contributed by atoms with Gasteiger partial charge in [0, 0.05) is 10.9 Å². The molecule has 1 aromatic carbocycles. The molecule has 1 heterocycles. The first-order chi connectivity index (χ1) is 10.0. The predicted molar refractivity (Wildman–Crippen MR) is 85.7 cm³/mol. The summed E-state index contributed by atoms with van der Waals surface area (Å²) in [6.07, 6.45) is 3.41. The average molecular weight is 325 g/mol. The van der Waals surface area contributed by atoms with E-state index in [9.17, 15) is 4.39 Å². The van der Waals surface area contributed by atoms with Gasteiger partial charge in [0.05, 0.1) is 16.8 Å². The first-order valence-corrected chi connectivity index (χ1v) is 8.43. The lowest BCUT2D eigenvalue weighted by atomic mass is 10.1. The van der Waals surface area contributed by atoms with Crippen molar-refractivity contribution in [2.45, 2.75) is 45.2 Å². The number of thiazole rings is 1. The minimum absolute atomic E-state index is 0.0290. The van der Waals surface area contributed by atoms with Gasteiger partial charge < -0.3 is 5.32 Å². The zero-order valence-corrected chi connectivity index (χ0v) is 13.7. The number of aromatic nitrogens is 1.